The maximum atomic E-state index is 3.98. The van der Waals surface area contributed by atoms with Gasteiger partial charge < -0.3 is 5.32 Å². The molecule has 3 rings (SSSR count). The first kappa shape index (κ1) is 13.2. The highest BCUT2D eigenvalue weighted by molar-refractivity contribution is 5.16. The number of benzene rings is 1. The van der Waals surface area contributed by atoms with E-state index in [1.54, 1.807) is 0 Å². The van der Waals surface area contributed by atoms with Gasteiger partial charge in [-0.1, -0.05) is 56.5 Å². The summed E-state index contributed by atoms with van der Waals surface area (Å²) in [6.45, 7) is 3.37. The molecule has 1 N–H and O–H groups in total. The smallest absolute Gasteiger partial charge is 0.0215 e. The van der Waals surface area contributed by atoms with Gasteiger partial charge in [-0.25, -0.2) is 0 Å². The molecule has 1 heteroatoms. The van der Waals surface area contributed by atoms with Crippen molar-refractivity contribution in [2.24, 2.45) is 11.8 Å². The summed E-state index contributed by atoms with van der Waals surface area (Å²) in [5, 5.41) is 3.98. The summed E-state index contributed by atoms with van der Waals surface area (Å²) in [7, 11) is 0. The van der Waals surface area contributed by atoms with Crippen molar-refractivity contribution >= 4 is 0 Å². The second kappa shape index (κ2) is 5.66. The van der Waals surface area contributed by atoms with Crippen LogP contribution in [0.15, 0.2) is 30.3 Å². The molecule has 19 heavy (non-hydrogen) atoms. The van der Waals surface area contributed by atoms with Crippen LogP contribution in [0.4, 0.5) is 0 Å². The van der Waals surface area contributed by atoms with Crippen LogP contribution in [-0.2, 0) is 6.54 Å². The first-order valence-corrected chi connectivity index (χ1v) is 8.11. The molecule has 104 valence electrons. The monoisotopic (exact) mass is 257 g/mol. The molecule has 0 aromatic heterocycles. The average Bonchev–Trinajstić information content (AvgIpc) is 3.05. The summed E-state index contributed by atoms with van der Waals surface area (Å²) < 4.78 is 0. The van der Waals surface area contributed by atoms with E-state index in [0.29, 0.717) is 5.54 Å². The van der Waals surface area contributed by atoms with Gasteiger partial charge in [0.15, 0.2) is 0 Å². The van der Waals surface area contributed by atoms with Gasteiger partial charge in [0.25, 0.3) is 0 Å². The fraction of sp³-hybridized carbons (Fsp3) is 0.667. The summed E-state index contributed by atoms with van der Waals surface area (Å²) in [6.07, 6.45) is 9.98. The lowest BCUT2D eigenvalue weighted by Gasteiger charge is -2.39. The molecule has 3 atom stereocenters. The molecule has 0 saturated heterocycles. The normalized spacial score (nSPS) is 32.9. The number of hydrogen-bond acceptors (Lipinski definition) is 1. The lowest BCUT2D eigenvalue weighted by Crippen LogP contribution is -2.49. The maximum Gasteiger partial charge on any atom is 0.0215 e. The third-order valence-electron chi connectivity index (χ3n) is 5.44. The Morgan fingerprint density at radius 1 is 1.21 bits per heavy atom. The van der Waals surface area contributed by atoms with E-state index in [1.807, 2.05) is 0 Å². The number of rotatable bonds is 6. The summed E-state index contributed by atoms with van der Waals surface area (Å²) in [6, 6.07) is 10.9. The molecule has 3 unspecified atom stereocenters. The van der Waals surface area contributed by atoms with Crippen LogP contribution >= 0.6 is 0 Å². The molecule has 2 bridgehead atoms. The van der Waals surface area contributed by atoms with Crippen molar-refractivity contribution < 1.29 is 0 Å². The van der Waals surface area contributed by atoms with Crippen LogP contribution in [-0.4, -0.2) is 5.54 Å². The fourth-order valence-electron chi connectivity index (χ4n) is 4.42. The van der Waals surface area contributed by atoms with Gasteiger partial charge in [0.05, 0.1) is 0 Å². The molecule has 0 radical (unpaired) electrons. The molecule has 2 fully saturated rings. The van der Waals surface area contributed by atoms with Crippen molar-refractivity contribution in [3.63, 3.8) is 0 Å². The van der Waals surface area contributed by atoms with Gasteiger partial charge in [0.1, 0.15) is 0 Å². The largest absolute Gasteiger partial charge is 0.307 e. The number of unbranched alkanes of at least 4 members (excludes halogenated alkanes) is 1. The molecule has 2 aliphatic carbocycles. The first-order valence-electron chi connectivity index (χ1n) is 8.11. The van der Waals surface area contributed by atoms with E-state index in [1.165, 1.54) is 50.5 Å². The summed E-state index contributed by atoms with van der Waals surface area (Å²) in [5.74, 6) is 1.97. The molecule has 0 spiro atoms. The molecule has 0 heterocycles. The Bertz CT molecular complexity index is 399. The van der Waals surface area contributed by atoms with E-state index in [4.69, 9.17) is 0 Å². The van der Waals surface area contributed by atoms with E-state index in [9.17, 15) is 0 Å². The zero-order chi connectivity index (χ0) is 13.1. The SMILES string of the molecule is CCCCC1(NCc2ccccc2)CC2CCC1C2. The van der Waals surface area contributed by atoms with Crippen molar-refractivity contribution in [3.8, 4) is 0 Å². The predicted molar refractivity (Wildman–Crippen MR) is 81.0 cm³/mol. The van der Waals surface area contributed by atoms with Gasteiger partial charge >= 0.3 is 0 Å². The van der Waals surface area contributed by atoms with Gasteiger partial charge in [0.2, 0.25) is 0 Å². The molecular weight excluding hydrogens is 230 g/mol. The van der Waals surface area contributed by atoms with Gasteiger partial charge in [-0.3, -0.25) is 0 Å². The highest BCUT2D eigenvalue weighted by atomic mass is 15.0. The van der Waals surface area contributed by atoms with Crippen LogP contribution in [0.25, 0.3) is 0 Å². The van der Waals surface area contributed by atoms with Crippen LogP contribution < -0.4 is 5.32 Å². The van der Waals surface area contributed by atoms with E-state index < -0.39 is 0 Å². The lowest BCUT2D eigenvalue weighted by molar-refractivity contribution is 0.186. The minimum Gasteiger partial charge on any atom is -0.307 e. The zero-order valence-electron chi connectivity index (χ0n) is 12.2. The Morgan fingerprint density at radius 3 is 2.68 bits per heavy atom. The molecule has 1 aromatic rings. The quantitative estimate of drug-likeness (QED) is 0.789. The molecule has 2 saturated carbocycles. The third-order valence-corrected chi connectivity index (χ3v) is 5.44. The van der Waals surface area contributed by atoms with Crippen LogP contribution in [0.2, 0.25) is 0 Å². The zero-order valence-corrected chi connectivity index (χ0v) is 12.2. The van der Waals surface area contributed by atoms with Crippen LogP contribution in [0.1, 0.15) is 57.4 Å². The van der Waals surface area contributed by atoms with E-state index >= 15 is 0 Å². The molecule has 0 amide bonds. The standard InChI is InChI=1S/C18H27N/c1-2-3-11-18(13-16-9-10-17(18)12-16)19-14-15-7-5-4-6-8-15/h4-8,16-17,19H,2-3,9-14H2,1H3. The van der Waals surface area contributed by atoms with Crippen molar-refractivity contribution in [2.75, 3.05) is 0 Å². The predicted octanol–water partition coefficient (Wildman–Crippen LogP) is 4.53. The third kappa shape index (κ3) is 2.72. The Balaban J connectivity index is 1.66. The van der Waals surface area contributed by atoms with Crippen LogP contribution in [0.3, 0.4) is 0 Å². The van der Waals surface area contributed by atoms with Crippen LogP contribution in [0, 0.1) is 11.8 Å². The number of nitrogens with one attached hydrogen (secondary N) is 1. The van der Waals surface area contributed by atoms with Gasteiger partial charge in [-0.05, 0) is 43.1 Å². The van der Waals surface area contributed by atoms with Gasteiger partial charge in [-0.2, -0.15) is 0 Å². The van der Waals surface area contributed by atoms with Gasteiger partial charge in [0, 0.05) is 12.1 Å². The molecule has 0 aliphatic heterocycles. The molecule has 2 aliphatic rings. The minimum absolute atomic E-state index is 0.467. The molecular formula is C18H27N. The summed E-state index contributed by atoms with van der Waals surface area (Å²) in [5.41, 5.74) is 1.90. The summed E-state index contributed by atoms with van der Waals surface area (Å²) >= 11 is 0. The van der Waals surface area contributed by atoms with E-state index in [0.717, 1.165) is 18.4 Å². The maximum absolute atomic E-state index is 3.98. The minimum atomic E-state index is 0.467. The highest BCUT2D eigenvalue weighted by Crippen LogP contribution is 2.52. The lowest BCUT2D eigenvalue weighted by atomic mass is 9.77. The van der Waals surface area contributed by atoms with E-state index in [2.05, 4.69) is 42.6 Å². The van der Waals surface area contributed by atoms with Crippen molar-refractivity contribution in [1.82, 2.24) is 5.32 Å². The molecule has 1 nitrogen and oxygen atoms in total. The second-order valence-electron chi connectivity index (χ2n) is 6.68. The van der Waals surface area contributed by atoms with E-state index in [-0.39, 0.29) is 0 Å². The average molecular weight is 257 g/mol. The Hall–Kier alpha value is -0.820. The Morgan fingerprint density at radius 2 is 2.05 bits per heavy atom. The number of fused-ring (bicyclic) bond motifs is 2. The molecule has 1 aromatic carbocycles. The van der Waals surface area contributed by atoms with Crippen molar-refractivity contribution in [1.29, 1.82) is 0 Å². The van der Waals surface area contributed by atoms with Gasteiger partial charge in [-0.15, -0.1) is 0 Å². The highest BCUT2D eigenvalue weighted by Gasteiger charge is 2.49. The number of hydrogen-bond donors (Lipinski definition) is 1. The topological polar surface area (TPSA) is 12.0 Å². The van der Waals surface area contributed by atoms with Crippen molar-refractivity contribution in [2.45, 2.75) is 64.0 Å². The Labute approximate surface area is 117 Å². The van der Waals surface area contributed by atoms with Crippen LogP contribution in [0.5, 0.6) is 0 Å². The first-order chi connectivity index (χ1) is 9.32. The summed E-state index contributed by atoms with van der Waals surface area (Å²) in [4.78, 5) is 0. The Kier molecular flexibility index (Phi) is 3.93. The van der Waals surface area contributed by atoms with Crippen molar-refractivity contribution in [3.05, 3.63) is 35.9 Å². The fourth-order valence-corrected chi connectivity index (χ4v) is 4.42. The second-order valence-corrected chi connectivity index (χ2v) is 6.68.